The lowest BCUT2D eigenvalue weighted by atomic mass is 9.89. The zero-order valence-corrected chi connectivity index (χ0v) is 32.2. The number of hydrogen-bond acceptors (Lipinski definition) is 8. The fourth-order valence-corrected chi connectivity index (χ4v) is 5.91. The van der Waals surface area contributed by atoms with Crippen molar-refractivity contribution in [3.05, 3.63) is 123 Å². The van der Waals surface area contributed by atoms with Crippen LogP contribution in [0, 0.1) is 34.6 Å². The number of aryl methyl sites for hydroxylation is 3. The Kier molecular flexibility index (Phi) is 16.4. The first-order chi connectivity index (χ1) is 26.4. The summed E-state index contributed by atoms with van der Waals surface area (Å²) in [6.07, 6.45) is -9.52. The zero-order valence-electron chi connectivity index (χ0n) is 31.5. The van der Waals surface area contributed by atoms with Crippen molar-refractivity contribution in [1.29, 1.82) is 0 Å². The molecule has 1 aromatic heterocycles. The molecule has 0 unspecified atom stereocenters. The van der Waals surface area contributed by atoms with Crippen LogP contribution >= 0.6 is 11.6 Å². The Balaban J connectivity index is 0.000000363. The predicted octanol–water partition coefficient (Wildman–Crippen LogP) is 11.6. The van der Waals surface area contributed by atoms with Crippen LogP contribution in [0.3, 0.4) is 0 Å². The lowest BCUT2D eigenvalue weighted by Crippen LogP contribution is -2.16. The van der Waals surface area contributed by atoms with Crippen LogP contribution in [0.2, 0.25) is 0 Å². The van der Waals surface area contributed by atoms with Gasteiger partial charge in [0.1, 0.15) is 45.9 Å². The second-order valence-corrected chi connectivity index (χ2v) is 12.9. The molecule has 0 atom stereocenters. The Morgan fingerprint density at radius 3 is 1.48 bits per heavy atom. The first-order valence-corrected chi connectivity index (χ1v) is 17.0. The summed E-state index contributed by atoms with van der Waals surface area (Å²) in [5.41, 5.74) is 5.29. The van der Waals surface area contributed by atoms with Crippen molar-refractivity contribution in [2.24, 2.45) is 0 Å². The number of aromatic hydroxyl groups is 1. The molecule has 0 radical (unpaired) electrons. The number of carbonyl (C=O) groups is 2. The maximum absolute atomic E-state index is 12.3. The largest absolute Gasteiger partial charge is 0.573 e. The number of carbonyl (C=O) groups excluding carboxylic acids is 3. The van der Waals surface area contributed by atoms with Crippen LogP contribution < -0.4 is 15.1 Å². The van der Waals surface area contributed by atoms with E-state index in [-0.39, 0.29) is 47.4 Å². The van der Waals surface area contributed by atoms with E-state index in [0.717, 1.165) is 5.56 Å². The van der Waals surface area contributed by atoms with Gasteiger partial charge >= 0.3 is 18.4 Å². The molecule has 0 spiro atoms. The molecule has 1 heterocycles. The number of allylic oxidation sites excluding steroid dienone is 1. The van der Waals surface area contributed by atoms with Gasteiger partial charge in [-0.25, -0.2) is 9.59 Å². The number of halogens is 7. The molecule has 308 valence electrons. The molecule has 1 N–H and O–H groups in total. The van der Waals surface area contributed by atoms with Crippen molar-refractivity contribution < 1.29 is 59.7 Å². The van der Waals surface area contributed by atoms with Crippen LogP contribution in [-0.4, -0.2) is 34.8 Å². The van der Waals surface area contributed by atoms with E-state index < -0.39 is 23.6 Å². The van der Waals surface area contributed by atoms with Crippen molar-refractivity contribution in [2.45, 2.75) is 68.6 Å². The molecule has 8 nitrogen and oxygen atoms in total. The summed E-state index contributed by atoms with van der Waals surface area (Å²) in [5.74, 6) is 1.16. The molecule has 0 fully saturated rings. The Morgan fingerprint density at radius 2 is 1.10 bits per heavy atom. The van der Waals surface area contributed by atoms with E-state index in [2.05, 4.69) is 9.47 Å². The van der Waals surface area contributed by atoms with Gasteiger partial charge in [0.2, 0.25) is 0 Å². The molecule has 0 saturated heterocycles. The molecular weight excluding hydrogens is 794 g/mol. The maximum Gasteiger partial charge on any atom is 0.573 e. The van der Waals surface area contributed by atoms with Crippen LogP contribution in [0.25, 0.3) is 39.0 Å². The Morgan fingerprint density at radius 1 is 0.690 bits per heavy atom. The minimum Gasteiger partial charge on any atom is -0.507 e. The van der Waals surface area contributed by atoms with Crippen molar-refractivity contribution in [1.82, 2.24) is 0 Å². The van der Waals surface area contributed by atoms with E-state index in [4.69, 9.17) is 16.0 Å². The lowest BCUT2D eigenvalue weighted by molar-refractivity contribution is -0.275. The van der Waals surface area contributed by atoms with Gasteiger partial charge < -0.3 is 23.8 Å². The number of hydrogen-bond donors (Lipinski definition) is 1. The summed E-state index contributed by atoms with van der Waals surface area (Å²) in [5, 5.41) is 9.37. The number of Topliss-reactive ketones (excluding diaryl/α,β-unsaturated/α-hetero) is 1. The number of benzene rings is 4. The molecule has 15 heteroatoms. The van der Waals surface area contributed by atoms with E-state index >= 15 is 0 Å². The maximum atomic E-state index is 12.3. The van der Waals surface area contributed by atoms with Crippen molar-refractivity contribution >= 4 is 34.1 Å². The van der Waals surface area contributed by atoms with E-state index in [1.54, 1.807) is 64.8 Å². The van der Waals surface area contributed by atoms with Gasteiger partial charge in [0.15, 0.2) is 0 Å². The third-order valence-corrected chi connectivity index (χ3v) is 8.19. The van der Waals surface area contributed by atoms with Crippen LogP contribution in [0.15, 0.2) is 88.1 Å². The molecule has 0 aliphatic rings. The molecular formula is C43H39ClF6O8. The van der Waals surface area contributed by atoms with Crippen LogP contribution in [0.1, 0.15) is 54.9 Å². The fraction of sp³-hybridized carbons (Fsp3) is 0.233. The average molecular weight is 833 g/mol. The van der Waals surface area contributed by atoms with Gasteiger partial charge in [-0.15, -0.1) is 26.3 Å². The molecule has 0 aliphatic heterocycles. The zero-order chi connectivity index (χ0) is 43.0. The number of ether oxygens (including phenoxy) is 2. The third-order valence-electron chi connectivity index (χ3n) is 8.00. The standard InChI is InChI=1S/C21H17F3O4.C18H12ClF3O3.C3H6O.CH4/c1-11-4-9-16(14-5-7-15(8-6-14)28-21(22,23)24)13(3)18(11)19-17(25)10-12(2)27-20(19)26;1-10-3-8-14(11(2)16(10)15(9-23)17(19)24)12-4-6-13(7-5-12)25-18(20,21)22;1-3(2)4;/h4-10,25H,1-3H3;3-8H,1-2H3;1-2H3;1H4. The van der Waals surface area contributed by atoms with Crippen LogP contribution in [0.4, 0.5) is 26.3 Å². The molecule has 5 rings (SSSR count). The number of alkyl halides is 6. The second kappa shape index (κ2) is 19.8. The monoisotopic (exact) mass is 832 g/mol. The molecule has 0 saturated carbocycles. The van der Waals surface area contributed by atoms with E-state index in [1.807, 2.05) is 0 Å². The SMILES string of the molecule is C.CC(C)=O.Cc1cc(O)c(-c2c(C)ccc(-c3ccc(OC(F)(F)F)cc3)c2C)c(=O)o1.Cc1ccc(-c2ccc(OC(F)(F)F)cc2)c(C)c1C(=C=O)C(=O)Cl. The third kappa shape index (κ3) is 13.0. The Bertz CT molecular complexity index is 2370. The van der Waals surface area contributed by atoms with Gasteiger partial charge in [-0.2, -0.15) is 0 Å². The van der Waals surface area contributed by atoms with Crippen molar-refractivity contribution in [3.63, 3.8) is 0 Å². The highest BCUT2D eigenvalue weighted by molar-refractivity contribution is 6.75. The predicted molar refractivity (Wildman–Crippen MR) is 209 cm³/mol. The Labute approximate surface area is 335 Å². The van der Waals surface area contributed by atoms with Gasteiger partial charge in [0.05, 0.1) is 0 Å². The highest BCUT2D eigenvalue weighted by Crippen LogP contribution is 2.38. The summed E-state index contributed by atoms with van der Waals surface area (Å²) >= 11 is 5.44. The fourth-order valence-electron chi connectivity index (χ4n) is 5.78. The summed E-state index contributed by atoms with van der Waals surface area (Å²) in [6, 6.07) is 19.1. The molecule has 0 bridgehead atoms. The average Bonchev–Trinajstić information content (AvgIpc) is 3.07. The minimum absolute atomic E-state index is 0. The molecule has 5 aromatic rings. The smallest absolute Gasteiger partial charge is 0.507 e. The summed E-state index contributed by atoms with van der Waals surface area (Å²) in [7, 11) is 0. The molecule has 58 heavy (non-hydrogen) atoms. The first kappa shape index (κ1) is 48.0. The van der Waals surface area contributed by atoms with Crippen molar-refractivity contribution in [2.75, 3.05) is 0 Å². The van der Waals surface area contributed by atoms with Crippen LogP contribution in [0.5, 0.6) is 17.2 Å². The van der Waals surface area contributed by atoms with Gasteiger partial charge in [-0.3, -0.25) is 4.79 Å². The molecule has 0 amide bonds. The van der Waals surface area contributed by atoms with Gasteiger partial charge in [0.25, 0.3) is 5.24 Å². The summed E-state index contributed by atoms with van der Waals surface area (Å²) < 4.78 is 86.5. The van der Waals surface area contributed by atoms with Gasteiger partial charge in [-0.1, -0.05) is 56.0 Å². The Hall–Kier alpha value is -6.11. The number of rotatable bonds is 7. The van der Waals surface area contributed by atoms with E-state index in [0.29, 0.717) is 50.1 Å². The highest BCUT2D eigenvalue weighted by atomic mass is 35.5. The first-order valence-electron chi connectivity index (χ1n) is 16.6. The van der Waals surface area contributed by atoms with E-state index in [1.165, 1.54) is 68.4 Å². The molecule has 0 aliphatic carbocycles. The normalized spacial score (nSPS) is 10.7. The quantitative estimate of drug-likeness (QED) is 0.0745. The number of ketones is 1. The molecule has 4 aromatic carbocycles. The van der Waals surface area contributed by atoms with Crippen LogP contribution in [-0.2, 0) is 14.4 Å². The minimum atomic E-state index is -4.77. The van der Waals surface area contributed by atoms with Gasteiger partial charge in [-0.05, 0) is 134 Å². The highest BCUT2D eigenvalue weighted by Gasteiger charge is 2.32. The van der Waals surface area contributed by atoms with E-state index in [9.17, 15) is 50.6 Å². The van der Waals surface area contributed by atoms with Gasteiger partial charge in [0, 0.05) is 11.6 Å². The second-order valence-electron chi connectivity index (χ2n) is 12.6. The summed E-state index contributed by atoms with van der Waals surface area (Å²) in [6.45, 7) is 11.6. The lowest BCUT2D eigenvalue weighted by Gasteiger charge is -2.16. The van der Waals surface area contributed by atoms with Crippen molar-refractivity contribution in [3.8, 4) is 50.6 Å². The topological polar surface area (TPSA) is 120 Å². The summed E-state index contributed by atoms with van der Waals surface area (Å²) in [4.78, 5) is 44.3.